The minimum atomic E-state index is -4.41. The first kappa shape index (κ1) is 19.4. The molecule has 0 saturated carbocycles. The molecule has 0 aliphatic heterocycles. The van der Waals surface area contributed by atoms with E-state index in [1.54, 1.807) is 12.1 Å². The van der Waals surface area contributed by atoms with Crippen molar-refractivity contribution in [1.29, 1.82) is 0 Å². The molecule has 20 heavy (non-hydrogen) atoms. The summed E-state index contributed by atoms with van der Waals surface area (Å²) in [5, 5.41) is 2.34. The number of amides is 1. The van der Waals surface area contributed by atoms with Gasteiger partial charge in [0.15, 0.2) is 0 Å². The van der Waals surface area contributed by atoms with Gasteiger partial charge in [-0.3, -0.25) is 0 Å². The third-order valence-electron chi connectivity index (χ3n) is 2.19. The smallest absolute Gasteiger partial charge is 0.748 e. The van der Waals surface area contributed by atoms with Gasteiger partial charge in [-0.05, 0) is 19.4 Å². The summed E-state index contributed by atoms with van der Waals surface area (Å²) in [7, 11) is -4.41. The van der Waals surface area contributed by atoms with Crippen LogP contribution in [0.3, 0.4) is 0 Å². The molecule has 1 aromatic rings. The van der Waals surface area contributed by atoms with Crippen LogP contribution in [0.4, 0.5) is 4.79 Å². The summed E-state index contributed by atoms with van der Waals surface area (Å²) in [6, 6.07) is 9.04. The van der Waals surface area contributed by atoms with E-state index in [2.05, 4.69) is 5.32 Å². The van der Waals surface area contributed by atoms with Crippen LogP contribution < -0.4 is 34.9 Å². The van der Waals surface area contributed by atoms with E-state index in [0.29, 0.717) is 0 Å². The number of hydrogen-bond donors (Lipinski definition) is 1. The van der Waals surface area contributed by atoms with Gasteiger partial charge in [0, 0.05) is 0 Å². The maximum absolute atomic E-state index is 11.5. The fourth-order valence-corrected chi connectivity index (χ4v) is 2.47. The Bertz CT molecular complexity index is 530. The number of nitrogens with one attached hydrogen (secondary N) is 1. The van der Waals surface area contributed by atoms with E-state index in [4.69, 9.17) is 4.74 Å². The number of hydrogen-bond acceptors (Lipinski definition) is 5. The Morgan fingerprint density at radius 2 is 1.85 bits per heavy atom. The van der Waals surface area contributed by atoms with Crippen molar-refractivity contribution >= 4 is 16.2 Å². The van der Waals surface area contributed by atoms with Gasteiger partial charge in [-0.2, -0.15) is 0 Å². The first-order valence-corrected chi connectivity index (χ1v) is 7.18. The molecule has 1 aromatic carbocycles. The van der Waals surface area contributed by atoms with Gasteiger partial charge < -0.3 is 14.6 Å². The molecule has 0 heterocycles. The summed E-state index contributed by atoms with van der Waals surface area (Å²) in [5.41, 5.74) is -0.360. The molecule has 0 radical (unpaired) electrons. The van der Waals surface area contributed by atoms with Crippen LogP contribution in [0.1, 0.15) is 19.4 Å². The first-order chi connectivity index (χ1) is 8.68. The molecule has 0 aromatic heterocycles. The summed E-state index contributed by atoms with van der Waals surface area (Å²) >= 11 is 0. The second-order valence-electron chi connectivity index (χ2n) is 4.77. The monoisotopic (exact) mass is 309 g/mol. The zero-order valence-electron chi connectivity index (χ0n) is 11.8. The molecule has 0 fully saturated rings. The Morgan fingerprint density at radius 3 is 2.35 bits per heavy atom. The molecular formula is C12H16NNaO5S. The van der Waals surface area contributed by atoms with Gasteiger partial charge in [0.1, 0.15) is 6.61 Å². The molecule has 0 saturated heterocycles. The van der Waals surface area contributed by atoms with E-state index in [0.717, 1.165) is 5.56 Å². The number of rotatable bonds is 5. The van der Waals surface area contributed by atoms with Crippen LogP contribution in [0, 0.1) is 0 Å². The van der Waals surface area contributed by atoms with Crippen molar-refractivity contribution in [3.8, 4) is 0 Å². The van der Waals surface area contributed by atoms with Gasteiger partial charge in [0.2, 0.25) is 0 Å². The summed E-state index contributed by atoms with van der Waals surface area (Å²) in [6.45, 7) is 2.95. The largest absolute Gasteiger partial charge is 1.00 e. The van der Waals surface area contributed by atoms with Crippen LogP contribution in [0.15, 0.2) is 30.3 Å². The average molecular weight is 309 g/mol. The van der Waals surface area contributed by atoms with E-state index >= 15 is 0 Å². The maximum Gasteiger partial charge on any atom is 1.00 e. The van der Waals surface area contributed by atoms with E-state index < -0.39 is 27.5 Å². The van der Waals surface area contributed by atoms with E-state index in [9.17, 15) is 17.8 Å². The Labute approximate surface area is 140 Å². The molecule has 0 aliphatic carbocycles. The van der Waals surface area contributed by atoms with Gasteiger partial charge in [-0.1, -0.05) is 30.3 Å². The number of benzene rings is 1. The van der Waals surface area contributed by atoms with Crippen molar-refractivity contribution in [3.63, 3.8) is 0 Å². The molecule has 106 valence electrons. The molecule has 0 spiro atoms. The van der Waals surface area contributed by atoms with Crippen LogP contribution >= 0.6 is 0 Å². The minimum Gasteiger partial charge on any atom is -0.748 e. The summed E-state index contributed by atoms with van der Waals surface area (Å²) < 4.78 is 36.9. The van der Waals surface area contributed by atoms with Crippen LogP contribution in [-0.4, -0.2) is 30.4 Å². The molecule has 1 N–H and O–H groups in total. The molecule has 1 rings (SSSR count). The Hall–Kier alpha value is -0.600. The number of ether oxygens (including phenoxy) is 1. The zero-order chi connectivity index (χ0) is 14.5. The van der Waals surface area contributed by atoms with E-state index in [1.165, 1.54) is 13.8 Å². The van der Waals surface area contributed by atoms with Crippen molar-refractivity contribution in [2.24, 2.45) is 0 Å². The van der Waals surface area contributed by atoms with Crippen LogP contribution in [0.2, 0.25) is 0 Å². The summed E-state index contributed by atoms with van der Waals surface area (Å²) in [4.78, 5) is 11.5. The molecule has 8 heteroatoms. The number of carbonyl (C=O) groups excluding carboxylic acids is 1. The van der Waals surface area contributed by atoms with Crippen molar-refractivity contribution in [1.82, 2.24) is 5.32 Å². The van der Waals surface area contributed by atoms with Crippen LogP contribution in [0.25, 0.3) is 0 Å². The predicted molar refractivity (Wildman–Crippen MR) is 68.4 cm³/mol. The quantitative estimate of drug-likeness (QED) is 0.513. The first-order valence-electron chi connectivity index (χ1n) is 5.60. The zero-order valence-corrected chi connectivity index (χ0v) is 14.6. The van der Waals surface area contributed by atoms with Gasteiger partial charge in [-0.15, -0.1) is 0 Å². The Kier molecular flexibility index (Phi) is 7.75. The van der Waals surface area contributed by atoms with E-state index in [1.807, 2.05) is 18.2 Å². The van der Waals surface area contributed by atoms with Crippen molar-refractivity contribution in [2.45, 2.75) is 26.0 Å². The van der Waals surface area contributed by atoms with Gasteiger partial charge in [0.05, 0.1) is 21.4 Å². The molecule has 0 atom stereocenters. The SMILES string of the molecule is CC(C)(CS(=O)(=O)[O-])NC(=O)OCc1ccccc1.[Na+]. The van der Waals surface area contributed by atoms with Crippen molar-refractivity contribution in [3.05, 3.63) is 35.9 Å². The normalized spacial score (nSPS) is 11.3. The molecule has 6 nitrogen and oxygen atoms in total. The molecule has 0 aliphatic rings. The predicted octanol–water partition coefficient (Wildman–Crippen LogP) is -1.76. The minimum absolute atomic E-state index is 0. The summed E-state index contributed by atoms with van der Waals surface area (Å²) in [5.74, 6) is -0.694. The third kappa shape index (κ3) is 8.55. The third-order valence-corrected chi connectivity index (χ3v) is 3.27. The Morgan fingerprint density at radius 1 is 1.30 bits per heavy atom. The second-order valence-corrected chi connectivity index (χ2v) is 6.18. The molecule has 1 amide bonds. The van der Waals surface area contributed by atoms with Crippen LogP contribution in [0.5, 0.6) is 0 Å². The maximum atomic E-state index is 11.5. The Balaban J connectivity index is 0.00000361. The van der Waals surface area contributed by atoms with Crippen molar-refractivity contribution in [2.75, 3.05) is 5.75 Å². The van der Waals surface area contributed by atoms with Crippen molar-refractivity contribution < 1.29 is 52.1 Å². The molecule has 0 unspecified atom stereocenters. The molecule has 0 bridgehead atoms. The fourth-order valence-electron chi connectivity index (χ4n) is 1.51. The standard InChI is InChI=1S/C12H17NO5S.Na/c1-12(2,9-19(15,16)17)13-11(14)18-8-10-6-4-3-5-7-10;/h3-7H,8-9H2,1-2H3,(H,13,14)(H,15,16,17);/q;+1/p-1. The topological polar surface area (TPSA) is 95.5 Å². The van der Waals surface area contributed by atoms with Gasteiger partial charge >= 0.3 is 35.7 Å². The number of alkyl carbamates (subject to hydrolysis) is 1. The van der Waals surface area contributed by atoms with Gasteiger partial charge in [-0.25, -0.2) is 13.2 Å². The van der Waals surface area contributed by atoms with E-state index in [-0.39, 0.29) is 36.2 Å². The number of carbonyl (C=O) groups is 1. The van der Waals surface area contributed by atoms with Crippen LogP contribution in [-0.2, 0) is 21.5 Å². The summed E-state index contributed by atoms with van der Waals surface area (Å²) in [6.07, 6.45) is -0.766. The van der Waals surface area contributed by atoms with Gasteiger partial charge in [0.25, 0.3) is 0 Å². The fraction of sp³-hybridized carbons (Fsp3) is 0.417. The molecular weight excluding hydrogens is 293 g/mol. The average Bonchev–Trinajstić information content (AvgIpc) is 2.23. The second kappa shape index (κ2) is 7.99.